The van der Waals surface area contributed by atoms with E-state index in [1.54, 1.807) is 24.3 Å². The highest BCUT2D eigenvalue weighted by Crippen LogP contribution is 2.26. The van der Waals surface area contributed by atoms with Gasteiger partial charge in [-0.25, -0.2) is 9.97 Å². The number of anilines is 1. The van der Waals surface area contributed by atoms with E-state index >= 15 is 0 Å². The van der Waals surface area contributed by atoms with Crippen molar-refractivity contribution in [3.05, 3.63) is 71.8 Å². The van der Waals surface area contributed by atoms with Crippen molar-refractivity contribution < 1.29 is 9.59 Å². The first-order valence-electron chi connectivity index (χ1n) is 9.68. The largest absolute Gasteiger partial charge is 0.340 e. The Morgan fingerprint density at radius 1 is 1.13 bits per heavy atom. The number of hydrogen-bond donors (Lipinski definition) is 2. The van der Waals surface area contributed by atoms with Crippen molar-refractivity contribution in [2.75, 3.05) is 5.32 Å². The summed E-state index contributed by atoms with van der Waals surface area (Å²) in [6, 6.07) is 11.8. The lowest BCUT2D eigenvalue weighted by Gasteiger charge is -2.22. The fourth-order valence-electron chi connectivity index (χ4n) is 3.08. The molecule has 0 aliphatic rings. The van der Waals surface area contributed by atoms with E-state index in [1.807, 2.05) is 49.0 Å². The third-order valence-corrected chi connectivity index (χ3v) is 6.05. The Hall–Kier alpha value is -3.23. The highest BCUT2D eigenvalue weighted by atomic mass is 35.5. The monoisotopic (exact) mass is 453 g/mol. The molecular weight excluding hydrogens is 434 g/mol. The Morgan fingerprint density at radius 2 is 1.90 bits per heavy atom. The number of nitrogens with one attached hydrogen (secondary N) is 2. The molecule has 0 spiro atoms. The van der Waals surface area contributed by atoms with Gasteiger partial charge < -0.3 is 15.2 Å². The van der Waals surface area contributed by atoms with Crippen LogP contribution in [0.25, 0.3) is 15.3 Å². The molecule has 7 nitrogen and oxygen atoms in total. The van der Waals surface area contributed by atoms with Crippen LogP contribution in [0, 0.1) is 5.92 Å². The SMILES string of the molecule is CC(C)C(NC(=O)c1ccc2nc(-n3cccc3)sc2c1)C(=O)Nc1cccnc1Cl. The fourth-order valence-corrected chi connectivity index (χ4v) is 4.21. The van der Waals surface area contributed by atoms with Gasteiger partial charge >= 0.3 is 0 Å². The maximum absolute atomic E-state index is 12.9. The van der Waals surface area contributed by atoms with Crippen molar-refractivity contribution >= 4 is 50.7 Å². The Kier molecular flexibility index (Phi) is 6.01. The summed E-state index contributed by atoms with van der Waals surface area (Å²) in [5.74, 6) is -0.817. The molecule has 0 fully saturated rings. The number of fused-ring (bicyclic) bond motifs is 1. The highest BCUT2D eigenvalue weighted by Gasteiger charge is 2.25. The lowest BCUT2D eigenvalue weighted by atomic mass is 10.0. The number of aromatic nitrogens is 3. The number of nitrogens with zero attached hydrogens (tertiary/aromatic N) is 3. The van der Waals surface area contributed by atoms with Crippen molar-refractivity contribution in [2.45, 2.75) is 19.9 Å². The van der Waals surface area contributed by atoms with Gasteiger partial charge in [-0.2, -0.15) is 0 Å². The maximum Gasteiger partial charge on any atom is 0.251 e. The van der Waals surface area contributed by atoms with Crippen molar-refractivity contribution in [1.82, 2.24) is 19.9 Å². The Labute approximate surface area is 188 Å². The fraction of sp³-hybridized carbons (Fsp3) is 0.182. The molecule has 9 heteroatoms. The molecule has 0 bridgehead atoms. The van der Waals surface area contributed by atoms with Crippen molar-refractivity contribution in [1.29, 1.82) is 0 Å². The van der Waals surface area contributed by atoms with Gasteiger partial charge in [0.1, 0.15) is 6.04 Å². The molecule has 31 heavy (non-hydrogen) atoms. The maximum atomic E-state index is 12.9. The average Bonchev–Trinajstić information content (AvgIpc) is 3.42. The van der Waals surface area contributed by atoms with Gasteiger partial charge in [0.05, 0.1) is 15.9 Å². The quantitative estimate of drug-likeness (QED) is 0.420. The first-order chi connectivity index (χ1) is 14.9. The van der Waals surface area contributed by atoms with E-state index in [-0.39, 0.29) is 22.9 Å². The van der Waals surface area contributed by atoms with Crippen LogP contribution in [0.1, 0.15) is 24.2 Å². The molecule has 0 aliphatic carbocycles. The van der Waals surface area contributed by atoms with Crippen LogP contribution >= 0.6 is 22.9 Å². The molecule has 3 heterocycles. The second-order valence-corrected chi connectivity index (χ2v) is 8.66. The van der Waals surface area contributed by atoms with Gasteiger partial charge in [-0.3, -0.25) is 9.59 Å². The predicted octanol–water partition coefficient (Wildman–Crippen LogP) is 4.53. The van der Waals surface area contributed by atoms with Crippen LogP contribution in [0.4, 0.5) is 5.69 Å². The van der Waals surface area contributed by atoms with Gasteiger partial charge in [-0.1, -0.05) is 36.8 Å². The molecule has 2 N–H and O–H groups in total. The number of hydrogen-bond acceptors (Lipinski definition) is 5. The smallest absolute Gasteiger partial charge is 0.251 e. The minimum absolute atomic E-state index is 0.133. The summed E-state index contributed by atoms with van der Waals surface area (Å²) >= 11 is 7.52. The third-order valence-electron chi connectivity index (χ3n) is 4.72. The zero-order valence-corrected chi connectivity index (χ0v) is 18.4. The summed E-state index contributed by atoms with van der Waals surface area (Å²) in [5, 5.41) is 6.59. The molecule has 4 aromatic rings. The number of pyridine rings is 1. The van der Waals surface area contributed by atoms with Gasteiger partial charge in [-0.15, -0.1) is 0 Å². The van der Waals surface area contributed by atoms with Crippen molar-refractivity contribution in [3.8, 4) is 5.13 Å². The summed E-state index contributed by atoms with van der Waals surface area (Å²) in [7, 11) is 0. The molecule has 0 aliphatic heterocycles. The Balaban J connectivity index is 1.52. The molecule has 1 unspecified atom stereocenters. The molecule has 3 aromatic heterocycles. The first kappa shape index (κ1) is 21.0. The second-order valence-electron chi connectivity index (χ2n) is 7.30. The summed E-state index contributed by atoms with van der Waals surface area (Å²) in [5.41, 5.74) is 1.68. The van der Waals surface area contributed by atoms with Crippen LogP contribution in [0.3, 0.4) is 0 Å². The van der Waals surface area contributed by atoms with E-state index in [9.17, 15) is 9.59 Å². The topological polar surface area (TPSA) is 88.9 Å². The van der Waals surface area contributed by atoms with Crippen LogP contribution in [-0.2, 0) is 4.79 Å². The number of thiazole rings is 1. The van der Waals surface area contributed by atoms with Gasteiger partial charge in [0, 0.05) is 24.2 Å². The van der Waals surface area contributed by atoms with Gasteiger partial charge in [0.25, 0.3) is 5.91 Å². The minimum Gasteiger partial charge on any atom is -0.340 e. The van der Waals surface area contributed by atoms with Crippen molar-refractivity contribution in [2.24, 2.45) is 5.92 Å². The molecule has 0 radical (unpaired) electrons. The molecule has 158 valence electrons. The van der Waals surface area contributed by atoms with Crippen LogP contribution in [0.2, 0.25) is 5.15 Å². The van der Waals surface area contributed by atoms with Gasteiger partial charge in [0.2, 0.25) is 5.91 Å². The molecule has 0 saturated carbocycles. The number of halogens is 1. The molecule has 0 saturated heterocycles. The number of amides is 2. The molecule has 2 amide bonds. The van der Waals surface area contributed by atoms with Crippen LogP contribution < -0.4 is 10.6 Å². The number of benzene rings is 1. The lowest BCUT2D eigenvalue weighted by molar-refractivity contribution is -0.118. The standard InChI is InChI=1S/C22H20ClN5O2S/c1-13(2)18(21(30)25-16-6-5-9-24-19(16)23)27-20(29)14-7-8-15-17(12-14)31-22(26-15)28-10-3-4-11-28/h3-13,18H,1-2H3,(H,25,30)(H,27,29). The van der Waals surface area contributed by atoms with Crippen molar-refractivity contribution in [3.63, 3.8) is 0 Å². The van der Waals surface area contributed by atoms with E-state index in [2.05, 4.69) is 20.6 Å². The normalized spacial score (nSPS) is 12.1. The van der Waals surface area contributed by atoms with E-state index in [0.29, 0.717) is 11.3 Å². The number of rotatable bonds is 6. The zero-order chi connectivity index (χ0) is 22.0. The molecular formula is C22H20ClN5O2S. The second kappa shape index (κ2) is 8.87. The summed E-state index contributed by atoms with van der Waals surface area (Å²) in [4.78, 5) is 34.3. The zero-order valence-electron chi connectivity index (χ0n) is 16.9. The van der Waals surface area contributed by atoms with E-state index in [1.165, 1.54) is 17.5 Å². The van der Waals surface area contributed by atoms with Crippen LogP contribution in [-0.4, -0.2) is 32.4 Å². The lowest BCUT2D eigenvalue weighted by Crippen LogP contribution is -2.47. The Bertz CT molecular complexity index is 1240. The molecule has 1 aromatic carbocycles. The third kappa shape index (κ3) is 4.60. The van der Waals surface area contributed by atoms with Gasteiger partial charge in [-0.05, 0) is 48.4 Å². The number of carbonyl (C=O) groups is 2. The van der Waals surface area contributed by atoms with Crippen LogP contribution in [0.15, 0.2) is 61.1 Å². The highest BCUT2D eigenvalue weighted by molar-refractivity contribution is 7.20. The van der Waals surface area contributed by atoms with E-state index in [0.717, 1.165) is 15.3 Å². The number of carbonyl (C=O) groups excluding carboxylic acids is 2. The molecule has 4 rings (SSSR count). The summed E-state index contributed by atoms with van der Waals surface area (Å²) < 4.78 is 2.82. The minimum atomic E-state index is -0.739. The first-order valence-corrected chi connectivity index (χ1v) is 10.9. The predicted molar refractivity (Wildman–Crippen MR) is 123 cm³/mol. The average molecular weight is 454 g/mol. The Morgan fingerprint density at radius 3 is 2.61 bits per heavy atom. The molecule has 1 atom stereocenters. The van der Waals surface area contributed by atoms with E-state index < -0.39 is 6.04 Å². The summed E-state index contributed by atoms with van der Waals surface area (Å²) in [6.07, 6.45) is 5.38. The van der Waals surface area contributed by atoms with E-state index in [4.69, 9.17) is 11.6 Å². The van der Waals surface area contributed by atoms with Gasteiger partial charge in [0.15, 0.2) is 10.3 Å². The van der Waals surface area contributed by atoms with Crippen LogP contribution in [0.5, 0.6) is 0 Å². The summed E-state index contributed by atoms with van der Waals surface area (Å²) in [6.45, 7) is 3.73.